The van der Waals surface area contributed by atoms with Crippen molar-refractivity contribution in [1.29, 1.82) is 0 Å². The third-order valence-electron chi connectivity index (χ3n) is 4.25. The topological polar surface area (TPSA) is 158 Å². The number of hydrogen-bond donors (Lipinski definition) is 5. The first-order valence-electron chi connectivity index (χ1n) is 9.32. The van der Waals surface area contributed by atoms with Crippen LogP contribution in [-0.4, -0.2) is 47.8 Å². The van der Waals surface area contributed by atoms with Crippen LogP contribution in [0, 0.1) is 0 Å². The minimum atomic E-state index is -4.79. The van der Waals surface area contributed by atoms with Gasteiger partial charge >= 0.3 is 6.36 Å². The van der Waals surface area contributed by atoms with Gasteiger partial charge in [0.2, 0.25) is 0 Å². The number of hydrazone groups is 1. The van der Waals surface area contributed by atoms with Gasteiger partial charge < -0.3 is 25.4 Å². The Hall–Kier alpha value is -4.88. The number of anilines is 3. The third-order valence-corrected chi connectivity index (χ3v) is 4.25. The van der Waals surface area contributed by atoms with Crippen molar-refractivity contribution in [1.82, 2.24) is 19.9 Å². The lowest BCUT2D eigenvalue weighted by molar-refractivity contribution is -0.274. The van der Waals surface area contributed by atoms with E-state index in [-0.39, 0.29) is 28.5 Å². The standard InChI is InChI=1S/C20H14F3N7O4/c21-20(22,23)34-12-3-1-11(2-4-12)29-18-15-16(25-8-26-18)19(27-9-24-15)30-28-7-10-5-13(31)17(33)14(32)6-10/h1-9,31-33H,(H,24,27,30)(H,25,26,29)/b28-7+. The zero-order chi connectivity index (χ0) is 24.3. The number of phenols is 3. The van der Waals surface area contributed by atoms with Crippen molar-refractivity contribution in [2.45, 2.75) is 6.36 Å². The molecule has 2 aromatic heterocycles. The Morgan fingerprint density at radius 3 is 2.06 bits per heavy atom. The summed E-state index contributed by atoms with van der Waals surface area (Å²) in [6, 6.07) is 7.43. The zero-order valence-electron chi connectivity index (χ0n) is 16.8. The minimum absolute atomic E-state index is 0.202. The minimum Gasteiger partial charge on any atom is -0.504 e. The molecule has 5 N–H and O–H groups in total. The van der Waals surface area contributed by atoms with Crippen molar-refractivity contribution < 1.29 is 33.2 Å². The maximum atomic E-state index is 12.3. The molecule has 0 fully saturated rings. The summed E-state index contributed by atoms with van der Waals surface area (Å²) in [5, 5.41) is 35.4. The zero-order valence-corrected chi connectivity index (χ0v) is 16.8. The molecule has 0 bridgehead atoms. The van der Waals surface area contributed by atoms with E-state index < -0.39 is 23.6 Å². The number of aromatic nitrogens is 4. The number of fused-ring (bicyclic) bond motifs is 1. The van der Waals surface area contributed by atoms with Crippen molar-refractivity contribution >= 4 is 34.6 Å². The number of alkyl halides is 3. The molecule has 0 aliphatic rings. The Balaban J connectivity index is 1.54. The molecule has 2 aromatic carbocycles. The Morgan fingerprint density at radius 1 is 0.853 bits per heavy atom. The van der Waals surface area contributed by atoms with Gasteiger partial charge in [0.05, 0.1) is 6.21 Å². The number of phenolic OH excluding ortho intramolecular Hbond substituents is 3. The maximum Gasteiger partial charge on any atom is 0.573 e. The molecule has 0 unspecified atom stereocenters. The second kappa shape index (κ2) is 8.93. The van der Waals surface area contributed by atoms with Gasteiger partial charge in [-0.05, 0) is 36.4 Å². The number of halogens is 3. The molecule has 4 rings (SSSR count). The number of aromatic hydroxyl groups is 3. The number of rotatable bonds is 6. The molecule has 0 saturated carbocycles. The fourth-order valence-corrected chi connectivity index (χ4v) is 2.80. The van der Waals surface area contributed by atoms with Gasteiger partial charge in [-0.25, -0.2) is 19.9 Å². The molecule has 174 valence electrons. The van der Waals surface area contributed by atoms with Crippen LogP contribution in [0.15, 0.2) is 54.2 Å². The van der Waals surface area contributed by atoms with Crippen LogP contribution in [0.4, 0.5) is 30.5 Å². The van der Waals surface area contributed by atoms with Crippen LogP contribution < -0.4 is 15.5 Å². The molecular formula is C20H14F3N7O4. The van der Waals surface area contributed by atoms with Crippen LogP contribution >= 0.6 is 0 Å². The Morgan fingerprint density at radius 2 is 1.44 bits per heavy atom. The van der Waals surface area contributed by atoms with E-state index in [2.05, 4.69) is 40.5 Å². The highest BCUT2D eigenvalue weighted by atomic mass is 19.4. The molecule has 14 heteroatoms. The van der Waals surface area contributed by atoms with Crippen molar-refractivity contribution in [2.24, 2.45) is 5.10 Å². The molecule has 0 spiro atoms. The van der Waals surface area contributed by atoms with Crippen LogP contribution in [0.25, 0.3) is 11.0 Å². The molecular weight excluding hydrogens is 459 g/mol. The lowest BCUT2D eigenvalue weighted by Gasteiger charge is -2.11. The summed E-state index contributed by atoms with van der Waals surface area (Å²) in [7, 11) is 0. The fourth-order valence-electron chi connectivity index (χ4n) is 2.80. The quantitative estimate of drug-likeness (QED) is 0.159. The van der Waals surface area contributed by atoms with Crippen molar-refractivity contribution in [3.05, 3.63) is 54.6 Å². The molecule has 11 nitrogen and oxygen atoms in total. The van der Waals surface area contributed by atoms with E-state index in [0.29, 0.717) is 11.2 Å². The lowest BCUT2D eigenvalue weighted by Crippen LogP contribution is -2.16. The summed E-state index contributed by atoms with van der Waals surface area (Å²) in [6.45, 7) is 0. The maximum absolute atomic E-state index is 12.3. The molecule has 4 aromatic rings. The largest absolute Gasteiger partial charge is 0.573 e. The van der Waals surface area contributed by atoms with Gasteiger partial charge in [-0.2, -0.15) is 5.10 Å². The Labute approximate surface area is 188 Å². The van der Waals surface area contributed by atoms with Crippen molar-refractivity contribution in [2.75, 3.05) is 10.7 Å². The first-order valence-corrected chi connectivity index (χ1v) is 9.32. The summed E-state index contributed by atoms with van der Waals surface area (Å²) in [4.78, 5) is 16.5. The van der Waals surface area contributed by atoms with Gasteiger partial charge in [-0.3, -0.25) is 5.43 Å². The van der Waals surface area contributed by atoms with E-state index in [1.807, 2.05) is 0 Å². The van der Waals surface area contributed by atoms with Gasteiger partial charge in [0.1, 0.15) is 29.4 Å². The molecule has 34 heavy (non-hydrogen) atoms. The highest BCUT2D eigenvalue weighted by Crippen LogP contribution is 2.35. The van der Waals surface area contributed by atoms with Crippen LogP contribution in [0.2, 0.25) is 0 Å². The van der Waals surface area contributed by atoms with E-state index in [9.17, 15) is 28.5 Å². The summed E-state index contributed by atoms with van der Waals surface area (Å²) in [5.41, 5.74) is 3.95. The second-order valence-corrected chi connectivity index (χ2v) is 6.62. The SMILES string of the molecule is Oc1cc(/C=N/Nc2ncnc3c(Nc4ccc(OC(F)(F)F)cc4)ncnc23)cc(O)c1O. The van der Waals surface area contributed by atoms with Gasteiger partial charge in [0.25, 0.3) is 0 Å². The molecule has 0 saturated heterocycles. The van der Waals surface area contributed by atoms with E-state index in [0.717, 1.165) is 12.1 Å². The van der Waals surface area contributed by atoms with E-state index >= 15 is 0 Å². The van der Waals surface area contributed by atoms with E-state index in [1.54, 1.807) is 0 Å². The van der Waals surface area contributed by atoms with Gasteiger partial charge in [0.15, 0.2) is 28.9 Å². The number of hydrogen-bond acceptors (Lipinski definition) is 11. The summed E-state index contributed by atoms with van der Waals surface area (Å²) in [5.74, 6) is -1.59. The van der Waals surface area contributed by atoms with Crippen molar-refractivity contribution in [3.8, 4) is 23.0 Å². The monoisotopic (exact) mass is 473 g/mol. The lowest BCUT2D eigenvalue weighted by atomic mass is 10.2. The molecule has 0 aliphatic heterocycles. The average Bonchev–Trinajstić information content (AvgIpc) is 2.78. The van der Waals surface area contributed by atoms with Gasteiger partial charge in [-0.1, -0.05) is 0 Å². The summed E-state index contributed by atoms with van der Waals surface area (Å²) >= 11 is 0. The van der Waals surface area contributed by atoms with Crippen LogP contribution in [0.3, 0.4) is 0 Å². The summed E-state index contributed by atoms with van der Waals surface area (Å²) in [6.07, 6.45) is -1.06. The highest BCUT2D eigenvalue weighted by molar-refractivity contribution is 5.93. The molecule has 0 atom stereocenters. The third kappa shape index (κ3) is 5.12. The van der Waals surface area contributed by atoms with Crippen molar-refractivity contribution in [3.63, 3.8) is 0 Å². The van der Waals surface area contributed by atoms with Gasteiger partial charge in [-0.15, -0.1) is 13.2 Å². The first kappa shape index (κ1) is 22.3. The number of ether oxygens (including phenoxy) is 1. The first-order chi connectivity index (χ1) is 16.2. The normalized spacial score (nSPS) is 11.6. The van der Waals surface area contributed by atoms with E-state index in [1.165, 1.54) is 43.1 Å². The number of nitrogens with zero attached hydrogens (tertiary/aromatic N) is 5. The Bertz CT molecular complexity index is 1340. The highest BCUT2D eigenvalue weighted by Gasteiger charge is 2.31. The van der Waals surface area contributed by atoms with Crippen LogP contribution in [0.1, 0.15) is 5.56 Å². The summed E-state index contributed by atoms with van der Waals surface area (Å²) < 4.78 is 40.8. The van der Waals surface area contributed by atoms with E-state index in [4.69, 9.17) is 0 Å². The molecule has 0 amide bonds. The average molecular weight is 473 g/mol. The molecule has 0 radical (unpaired) electrons. The number of benzene rings is 2. The van der Waals surface area contributed by atoms with Gasteiger partial charge in [0, 0.05) is 11.3 Å². The Kier molecular flexibility index (Phi) is 5.86. The smallest absolute Gasteiger partial charge is 0.504 e. The van der Waals surface area contributed by atoms with Crippen LogP contribution in [-0.2, 0) is 0 Å². The van der Waals surface area contributed by atoms with Crippen LogP contribution in [0.5, 0.6) is 23.0 Å². The second-order valence-electron chi connectivity index (χ2n) is 6.62. The fraction of sp³-hybridized carbons (Fsp3) is 0.0500. The predicted molar refractivity (Wildman–Crippen MR) is 114 cm³/mol. The molecule has 0 aliphatic carbocycles. The number of nitrogens with one attached hydrogen (secondary N) is 2. The predicted octanol–water partition coefficient (Wildman–Crippen LogP) is 3.62. The molecule has 2 heterocycles.